The summed E-state index contributed by atoms with van der Waals surface area (Å²) in [5, 5.41) is 46.4. The third-order valence-electron chi connectivity index (χ3n) is 9.33. The van der Waals surface area contributed by atoms with E-state index in [1.165, 1.54) is 6.92 Å². The summed E-state index contributed by atoms with van der Waals surface area (Å²) < 4.78 is 22.2. The molecule has 6 fully saturated rings. The second-order valence-electron chi connectivity index (χ2n) is 10.0. The number of rotatable bonds is 3. The zero-order chi connectivity index (χ0) is 23.9. The molecular weight excluding hydrogens is 440 g/mol. The topological polar surface area (TPSA) is 169 Å². The van der Waals surface area contributed by atoms with Gasteiger partial charge in [-0.05, 0) is 13.3 Å². The van der Waals surface area contributed by atoms with E-state index in [2.05, 4.69) is 5.92 Å². The molecule has 0 bridgehead atoms. The minimum absolute atomic E-state index is 0.381. The highest BCUT2D eigenvalue weighted by molar-refractivity contribution is 5.94. The van der Waals surface area contributed by atoms with Crippen molar-refractivity contribution in [3.05, 3.63) is 0 Å². The van der Waals surface area contributed by atoms with E-state index >= 15 is 0 Å². The van der Waals surface area contributed by atoms with Crippen LogP contribution < -0.4 is 0 Å². The van der Waals surface area contributed by atoms with Crippen LogP contribution in [0, 0.1) is 40.9 Å². The van der Waals surface area contributed by atoms with Crippen molar-refractivity contribution >= 4 is 17.9 Å². The van der Waals surface area contributed by atoms with Gasteiger partial charge in [-0.3, -0.25) is 4.79 Å². The molecule has 2 spiro atoms. The van der Waals surface area contributed by atoms with Gasteiger partial charge in [-0.1, -0.05) is 13.3 Å². The normalized spacial score (nSPS) is 58.2. The molecule has 13 atom stereocenters. The fourth-order valence-corrected chi connectivity index (χ4v) is 8.34. The maximum Gasteiger partial charge on any atom is 0.343 e. The van der Waals surface area contributed by atoms with Crippen LogP contribution in [0.1, 0.15) is 26.7 Å². The van der Waals surface area contributed by atoms with Crippen LogP contribution in [0.2, 0.25) is 0 Å². The molecule has 6 rings (SSSR count). The lowest BCUT2D eigenvalue weighted by molar-refractivity contribution is -0.239. The third kappa shape index (κ3) is 1.63. The molecule has 0 aromatic heterocycles. The number of ether oxygens (including phenoxy) is 4. The summed E-state index contributed by atoms with van der Waals surface area (Å²) in [6.07, 6.45) is -3.32. The van der Waals surface area contributed by atoms with Gasteiger partial charge < -0.3 is 39.4 Å². The summed E-state index contributed by atoms with van der Waals surface area (Å²) in [4.78, 5) is 38.5. The van der Waals surface area contributed by atoms with Crippen LogP contribution in [-0.4, -0.2) is 86.3 Å². The number of aliphatic hydroxyl groups excluding tert-OH is 3. The maximum absolute atomic E-state index is 13.5. The molecule has 8 unspecified atom stereocenters. The van der Waals surface area contributed by atoms with E-state index in [0.717, 1.165) is 0 Å². The molecular formula is C22H24O11. The van der Waals surface area contributed by atoms with Crippen molar-refractivity contribution in [3.8, 4) is 12.3 Å². The van der Waals surface area contributed by atoms with Crippen LogP contribution in [0.4, 0.5) is 0 Å². The van der Waals surface area contributed by atoms with Gasteiger partial charge in [-0.15, -0.1) is 12.3 Å². The maximum atomic E-state index is 13.5. The Morgan fingerprint density at radius 3 is 2.42 bits per heavy atom. The molecule has 2 saturated carbocycles. The van der Waals surface area contributed by atoms with Crippen molar-refractivity contribution < 1.29 is 53.8 Å². The highest BCUT2D eigenvalue weighted by atomic mass is 16.8. The van der Waals surface area contributed by atoms with Gasteiger partial charge in [-0.25, -0.2) is 9.59 Å². The highest BCUT2D eigenvalue weighted by Crippen LogP contribution is 2.83. The van der Waals surface area contributed by atoms with Gasteiger partial charge >= 0.3 is 17.9 Å². The van der Waals surface area contributed by atoms with Crippen molar-refractivity contribution in [1.29, 1.82) is 0 Å². The lowest BCUT2D eigenvalue weighted by Gasteiger charge is -2.45. The van der Waals surface area contributed by atoms with Crippen molar-refractivity contribution in [2.75, 3.05) is 0 Å². The molecule has 6 aliphatic rings. The van der Waals surface area contributed by atoms with Crippen LogP contribution in [0.25, 0.3) is 0 Å². The standard InChI is InChI=1S/C22H24O11/c1-4-6-8(5-2)9-10(23)13-20-11(24)14-21(29,7(3)15(26)30-14)22(20,17(28)31-13)33-18-19(9,20)12(25)16(27)32-18/h2,7-14,18,23-25,29H,4,6H2,1,3H3/t7-,8?,9-,10-,11?,12+,13?,14?,18?,19?,20?,21-,22?/m1/s1. The Hall–Kier alpha value is -2.23. The molecule has 33 heavy (non-hydrogen) atoms. The number of esters is 3. The van der Waals surface area contributed by atoms with Gasteiger partial charge in [0.1, 0.15) is 12.2 Å². The van der Waals surface area contributed by atoms with Crippen molar-refractivity contribution in [1.82, 2.24) is 0 Å². The number of fused-ring (bicyclic) bond motifs is 1. The van der Waals surface area contributed by atoms with E-state index in [9.17, 15) is 34.8 Å². The summed E-state index contributed by atoms with van der Waals surface area (Å²) in [6, 6.07) is 0. The first-order valence-electron chi connectivity index (χ1n) is 11.1. The van der Waals surface area contributed by atoms with E-state index in [-0.39, 0.29) is 0 Å². The molecule has 4 saturated heterocycles. The predicted octanol–water partition coefficient (Wildman–Crippen LogP) is -2.40. The summed E-state index contributed by atoms with van der Waals surface area (Å²) in [6.45, 7) is 3.18. The minimum Gasteiger partial charge on any atom is -0.456 e. The van der Waals surface area contributed by atoms with Gasteiger partial charge in [-0.2, -0.15) is 0 Å². The lowest BCUT2D eigenvalue weighted by Crippen LogP contribution is -2.67. The molecule has 11 nitrogen and oxygen atoms in total. The van der Waals surface area contributed by atoms with E-state index in [0.29, 0.717) is 12.8 Å². The first kappa shape index (κ1) is 21.3. The van der Waals surface area contributed by atoms with Gasteiger partial charge in [0.15, 0.2) is 17.8 Å². The summed E-state index contributed by atoms with van der Waals surface area (Å²) >= 11 is 0. The fraction of sp³-hybridized carbons (Fsp3) is 0.773. The molecule has 0 amide bonds. The quantitative estimate of drug-likeness (QED) is 0.200. The molecule has 11 heteroatoms. The monoisotopic (exact) mass is 464 g/mol. The predicted molar refractivity (Wildman–Crippen MR) is 101 cm³/mol. The van der Waals surface area contributed by atoms with Gasteiger partial charge in [0.25, 0.3) is 0 Å². The zero-order valence-corrected chi connectivity index (χ0v) is 17.8. The van der Waals surface area contributed by atoms with Crippen LogP contribution in [0.15, 0.2) is 0 Å². The Kier molecular flexibility index (Phi) is 3.79. The Morgan fingerprint density at radius 2 is 1.79 bits per heavy atom. The average Bonchev–Trinajstić information content (AvgIpc) is 3.47. The number of hydrogen-bond donors (Lipinski definition) is 4. The second-order valence-corrected chi connectivity index (χ2v) is 10.0. The van der Waals surface area contributed by atoms with Crippen molar-refractivity contribution in [2.45, 2.75) is 74.7 Å². The summed E-state index contributed by atoms with van der Waals surface area (Å²) in [5.41, 5.74) is -8.88. The average molecular weight is 464 g/mol. The Balaban J connectivity index is 1.70. The molecule has 0 aromatic rings. The SMILES string of the molecule is C#CC(CCC)[C@@H]1[C@@H](O)C2OC(=O)C34OC5OC(=O)[C@H](O)C51C23C(O)C1OC(=O)[C@@H](C)[C@@]14O. The Morgan fingerprint density at radius 1 is 1.09 bits per heavy atom. The van der Waals surface area contributed by atoms with Crippen LogP contribution in [0.3, 0.4) is 0 Å². The number of terminal acetylenes is 1. The molecule has 0 aromatic carbocycles. The molecule has 2 aliphatic carbocycles. The van der Waals surface area contributed by atoms with Crippen LogP contribution in [-0.2, 0) is 33.3 Å². The number of aliphatic hydroxyl groups is 4. The largest absolute Gasteiger partial charge is 0.456 e. The third-order valence-corrected chi connectivity index (χ3v) is 9.33. The first-order chi connectivity index (χ1) is 15.5. The highest BCUT2D eigenvalue weighted by Gasteiger charge is 3.05. The summed E-state index contributed by atoms with van der Waals surface area (Å²) in [7, 11) is 0. The smallest absolute Gasteiger partial charge is 0.343 e. The van der Waals surface area contributed by atoms with Gasteiger partial charge in [0.2, 0.25) is 11.9 Å². The van der Waals surface area contributed by atoms with E-state index < -0.39 is 94.5 Å². The van der Waals surface area contributed by atoms with Crippen molar-refractivity contribution in [3.63, 3.8) is 0 Å². The van der Waals surface area contributed by atoms with Crippen molar-refractivity contribution in [2.24, 2.45) is 28.6 Å². The summed E-state index contributed by atoms with van der Waals surface area (Å²) in [5.74, 6) is -3.63. The molecule has 4 N–H and O–H groups in total. The van der Waals surface area contributed by atoms with E-state index in [1.54, 1.807) is 0 Å². The number of carbonyl (C=O) groups excluding carboxylic acids is 3. The Bertz CT molecular complexity index is 1040. The van der Waals surface area contributed by atoms with E-state index in [4.69, 9.17) is 25.4 Å². The molecule has 178 valence electrons. The number of hydrogen-bond acceptors (Lipinski definition) is 11. The van der Waals surface area contributed by atoms with Gasteiger partial charge in [0.05, 0.1) is 22.9 Å². The second kappa shape index (κ2) is 5.87. The lowest BCUT2D eigenvalue weighted by atomic mass is 9.52. The number of carbonyl (C=O) groups is 3. The molecule has 0 radical (unpaired) electrons. The van der Waals surface area contributed by atoms with E-state index in [1.807, 2.05) is 6.92 Å². The fourth-order valence-electron chi connectivity index (χ4n) is 8.34. The van der Waals surface area contributed by atoms with Crippen LogP contribution >= 0.6 is 0 Å². The first-order valence-corrected chi connectivity index (χ1v) is 11.1. The zero-order valence-electron chi connectivity index (χ0n) is 17.8. The Labute approximate surface area is 187 Å². The van der Waals surface area contributed by atoms with Gasteiger partial charge in [0, 0.05) is 11.8 Å². The minimum atomic E-state index is -2.45. The molecule has 4 aliphatic heterocycles. The van der Waals surface area contributed by atoms with Crippen LogP contribution in [0.5, 0.6) is 0 Å². The molecule has 4 heterocycles.